The highest BCUT2D eigenvalue weighted by molar-refractivity contribution is 7.89. The van der Waals surface area contributed by atoms with Crippen molar-refractivity contribution in [2.45, 2.75) is 38.5 Å². The van der Waals surface area contributed by atoms with Crippen LogP contribution in [0.25, 0.3) is 0 Å². The number of benzene rings is 2. The second-order valence-corrected chi connectivity index (χ2v) is 10.6. The maximum atomic E-state index is 13.2. The van der Waals surface area contributed by atoms with Crippen LogP contribution in [0.15, 0.2) is 41.3 Å². The van der Waals surface area contributed by atoms with Crippen LogP contribution in [0.5, 0.6) is 5.75 Å². The summed E-state index contributed by atoms with van der Waals surface area (Å²) in [5.41, 5.74) is 3.19. The first-order chi connectivity index (χ1) is 15.1. The molecule has 0 aromatic heterocycles. The van der Waals surface area contributed by atoms with Gasteiger partial charge in [0.2, 0.25) is 10.0 Å². The number of carbonyl (C=O) groups excluding carboxylic acids is 1. The molecule has 2 aromatic carbocycles. The van der Waals surface area contributed by atoms with Crippen LogP contribution >= 0.6 is 0 Å². The Kier molecular flexibility index (Phi) is 7.59. The second-order valence-electron chi connectivity index (χ2n) is 8.72. The van der Waals surface area contributed by atoms with Gasteiger partial charge in [-0.3, -0.25) is 4.79 Å². The second kappa shape index (κ2) is 10.0. The van der Waals surface area contributed by atoms with E-state index < -0.39 is 10.0 Å². The Morgan fingerprint density at radius 3 is 2.41 bits per heavy atom. The zero-order valence-electron chi connectivity index (χ0n) is 19.5. The van der Waals surface area contributed by atoms with Gasteiger partial charge in [-0.05, 0) is 61.7 Å². The fourth-order valence-corrected chi connectivity index (χ4v) is 5.38. The summed E-state index contributed by atoms with van der Waals surface area (Å²) in [6, 6.07) is 10.9. The quantitative estimate of drug-likeness (QED) is 0.687. The van der Waals surface area contributed by atoms with Crippen molar-refractivity contribution in [3.63, 3.8) is 0 Å². The Morgan fingerprint density at radius 2 is 1.75 bits per heavy atom. The molecular formula is C24H33N3O4S. The van der Waals surface area contributed by atoms with Gasteiger partial charge < -0.3 is 15.0 Å². The van der Waals surface area contributed by atoms with Gasteiger partial charge in [0.05, 0.1) is 4.90 Å². The van der Waals surface area contributed by atoms with Gasteiger partial charge in [-0.2, -0.15) is 4.31 Å². The number of anilines is 1. The maximum absolute atomic E-state index is 13.2. The predicted octanol–water partition coefficient (Wildman–Crippen LogP) is 3.38. The van der Waals surface area contributed by atoms with E-state index in [1.807, 2.05) is 32.2 Å². The molecule has 1 fully saturated rings. The molecule has 0 bridgehead atoms. The highest BCUT2D eigenvalue weighted by Gasteiger charge is 2.29. The molecule has 1 aliphatic heterocycles. The first-order valence-electron chi connectivity index (χ1n) is 10.9. The van der Waals surface area contributed by atoms with Gasteiger partial charge in [0.15, 0.2) is 6.61 Å². The summed E-state index contributed by atoms with van der Waals surface area (Å²) >= 11 is 0. The number of piperazine rings is 1. The fraction of sp³-hybridized carbons (Fsp3) is 0.458. The highest BCUT2D eigenvalue weighted by atomic mass is 32.2. The molecule has 1 heterocycles. The minimum atomic E-state index is -3.63. The lowest BCUT2D eigenvalue weighted by atomic mass is 10.0. The third-order valence-electron chi connectivity index (χ3n) is 5.70. The summed E-state index contributed by atoms with van der Waals surface area (Å²) in [4.78, 5) is 14.9. The van der Waals surface area contributed by atoms with Crippen LogP contribution < -0.4 is 10.1 Å². The normalized spacial score (nSPS) is 15.7. The van der Waals surface area contributed by atoms with E-state index in [1.165, 1.54) is 10.4 Å². The van der Waals surface area contributed by atoms with Crippen LogP contribution in [-0.4, -0.2) is 63.4 Å². The van der Waals surface area contributed by atoms with Gasteiger partial charge >= 0.3 is 0 Å². The molecule has 1 N–H and O–H groups in total. The van der Waals surface area contributed by atoms with E-state index in [4.69, 9.17) is 4.74 Å². The Morgan fingerprint density at radius 1 is 1.06 bits per heavy atom. The van der Waals surface area contributed by atoms with E-state index in [2.05, 4.69) is 24.1 Å². The molecule has 174 valence electrons. The zero-order chi connectivity index (χ0) is 23.5. The van der Waals surface area contributed by atoms with E-state index in [9.17, 15) is 13.2 Å². The monoisotopic (exact) mass is 459 g/mol. The topological polar surface area (TPSA) is 78.9 Å². The van der Waals surface area contributed by atoms with Gasteiger partial charge in [0, 0.05) is 31.9 Å². The van der Waals surface area contributed by atoms with Gasteiger partial charge in [-0.1, -0.05) is 32.0 Å². The molecule has 2 aromatic rings. The Labute approximate surface area is 191 Å². The smallest absolute Gasteiger partial charge is 0.262 e. The zero-order valence-corrected chi connectivity index (χ0v) is 20.3. The lowest BCUT2D eigenvalue weighted by Crippen LogP contribution is -2.47. The molecule has 1 saturated heterocycles. The molecule has 0 atom stereocenters. The number of hydrogen-bond acceptors (Lipinski definition) is 5. The van der Waals surface area contributed by atoms with E-state index in [0.29, 0.717) is 43.2 Å². The van der Waals surface area contributed by atoms with Crippen molar-refractivity contribution < 1.29 is 17.9 Å². The Bertz CT molecular complexity index is 1070. The summed E-state index contributed by atoms with van der Waals surface area (Å²) in [5.74, 6) is 0.624. The number of nitrogens with zero attached hydrogens (tertiary/aromatic N) is 2. The summed E-state index contributed by atoms with van der Waals surface area (Å²) < 4.78 is 33.6. The lowest BCUT2D eigenvalue weighted by molar-refractivity contribution is -0.118. The number of aryl methyl sites for hydroxylation is 2. The van der Waals surface area contributed by atoms with Crippen molar-refractivity contribution in [2.75, 3.05) is 45.2 Å². The van der Waals surface area contributed by atoms with Gasteiger partial charge in [-0.25, -0.2) is 8.42 Å². The van der Waals surface area contributed by atoms with E-state index >= 15 is 0 Å². The Hall–Kier alpha value is -2.42. The van der Waals surface area contributed by atoms with Crippen LogP contribution in [0.3, 0.4) is 0 Å². The van der Waals surface area contributed by atoms with Gasteiger partial charge in [-0.15, -0.1) is 0 Å². The summed E-state index contributed by atoms with van der Waals surface area (Å²) in [5, 5.41) is 2.77. The van der Waals surface area contributed by atoms with Gasteiger partial charge in [0.25, 0.3) is 5.91 Å². The van der Waals surface area contributed by atoms with Crippen LogP contribution in [0.1, 0.15) is 36.5 Å². The number of likely N-dealkylation sites (N-methyl/N-ethyl adjacent to an activating group) is 1. The molecule has 8 heteroatoms. The number of nitrogens with one attached hydrogen (secondary N) is 1. The van der Waals surface area contributed by atoms with Crippen molar-refractivity contribution in [3.05, 3.63) is 53.1 Å². The molecule has 0 aliphatic carbocycles. The third kappa shape index (κ3) is 5.68. The van der Waals surface area contributed by atoms with Gasteiger partial charge in [0.1, 0.15) is 5.75 Å². The number of amides is 1. The number of rotatable bonds is 7. The predicted molar refractivity (Wildman–Crippen MR) is 127 cm³/mol. The fourth-order valence-electron chi connectivity index (χ4n) is 3.71. The maximum Gasteiger partial charge on any atom is 0.262 e. The van der Waals surface area contributed by atoms with Crippen molar-refractivity contribution >= 4 is 21.6 Å². The standard InChI is InChI=1S/C24H33N3O4S/c1-17(2)21-9-6-18(3)14-22(21)31-16-24(28)25-20-8-7-19(4)23(15-20)32(29,30)27-12-10-26(5)11-13-27/h6-9,14-15,17H,10-13,16H2,1-5H3,(H,25,28). The summed E-state index contributed by atoms with van der Waals surface area (Å²) in [6.07, 6.45) is 0. The molecule has 0 spiro atoms. The highest BCUT2D eigenvalue weighted by Crippen LogP contribution is 2.28. The molecular weight excluding hydrogens is 426 g/mol. The first kappa shape index (κ1) is 24.2. The minimum absolute atomic E-state index is 0.155. The molecule has 0 radical (unpaired) electrons. The number of sulfonamides is 1. The number of hydrogen-bond donors (Lipinski definition) is 1. The average Bonchev–Trinajstić information content (AvgIpc) is 2.73. The van der Waals surface area contributed by atoms with E-state index in [-0.39, 0.29) is 23.3 Å². The van der Waals surface area contributed by atoms with Crippen molar-refractivity contribution in [2.24, 2.45) is 0 Å². The molecule has 0 saturated carbocycles. The number of carbonyl (C=O) groups is 1. The van der Waals surface area contributed by atoms with Crippen molar-refractivity contribution in [3.8, 4) is 5.75 Å². The molecule has 3 rings (SSSR count). The Balaban J connectivity index is 1.71. The van der Waals surface area contributed by atoms with Crippen LogP contribution in [0.2, 0.25) is 0 Å². The van der Waals surface area contributed by atoms with Crippen molar-refractivity contribution in [1.29, 1.82) is 0 Å². The third-order valence-corrected chi connectivity index (χ3v) is 7.74. The van der Waals surface area contributed by atoms with E-state index in [0.717, 1.165) is 11.1 Å². The molecule has 1 aliphatic rings. The van der Waals surface area contributed by atoms with Crippen LogP contribution in [0.4, 0.5) is 5.69 Å². The molecule has 0 unspecified atom stereocenters. The lowest BCUT2D eigenvalue weighted by Gasteiger charge is -2.32. The van der Waals surface area contributed by atoms with Crippen LogP contribution in [0, 0.1) is 13.8 Å². The largest absolute Gasteiger partial charge is 0.483 e. The number of ether oxygens (including phenoxy) is 1. The molecule has 7 nitrogen and oxygen atoms in total. The molecule has 32 heavy (non-hydrogen) atoms. The van der Waals surface area contributed by atoms with Crippen LogP contribution in [-0.2, 0) is 14.8 Å². The SMILES string of the molecule is Cc1ccc(C(C)C)c(OCC(=O)Nc2ccc(C)c(S(=O)(=O)N3CCN(C)CC3)c2)c1. The summed E-state index contributed by atoms with van der Waals surface area (Å²) in [7, 11) is -1.65. The average molecular weight is 460 g/mol. The van der Waals surface area contributed by atoms with E-state index in [1.54, 1.807) is 19.1 Å². The summed E-state index contributed by atoms with van der Waals surface area (Å²) in [6.45, 7) is 10.0. The minimum Gasteiger partial charge on any atom is -0.483 e. The first-order valence-corrected chi connectivity index (χ1v) is 12.3. The van der Waals surface area contributed by atoms with Crippen molar-refractivity contribution in [1.82, 2.24) is 9.21 Å². The molecule has 1 amide bonds.